The maximum Gasteiger partial charge on any atom is 0.211 e. The van der Waals surface area contributed by atoms with E-state index in [-0.39, 0.29) is 5.78 Å². The van der Waals surface area contributed by atoms with Crippen LogP contribution >= 0.6 is 0 Å². The molecule has 1 aromatic rings. The summed E-state index contributed by atoms with van der Waals surface area (Å²) < 4.78 is 24.4. The summed E-state index contributed by atoms with van der Waals surface area (Å²) in [7, 11) is -3.29. The van der Waals surface area contributed by atoms with Crippen LogP contribution in [0.15, 0.2) is 30.3 Å². The second-order valence-electron chi connectivity index (χ2n) is 4.26. The fraction of sp³-hybridized carbons (Fsp3) is 0.417. The van der Waals surface area contributed by atoms with E-state index in [2.05, 4.69) is 0 Å². The summed E-state index contributed by atoms with van der Waals surface area (Å²) in [5.41, 5.74) is 0.577. The van der Waals surface area contributed by atoms with E-state index in [0.29, 0.717) is 18.5 Å². The first-order valence-electron chi connectivity index (χ1n) is 5.56. The van der Waals surface area contributed by atoms with Crippen LogP contribution in [0.25, 0.3) is 0 Å². The van der Waals surface area contributed by atoms with Gasteiger partial charge in [-0.05, 0) is 12.8 Å². The van der Waals surface area contributed by atoms with Crippen LogP contribution in [0.3, 0.4) is 0 Å². The van der Waals surface area contributed by atoms with Crippen LogP contribution in [-0.2, 0) is 10.0 Å². The summed E-state index contributed by atoms with van der Waals surface area (Å²) in [6.45, 7) is 0.447. The molecule has 2 rings (SSSR count). The molecule has 0 spiro atoms. The van der Waals surface area contributed by atoms with Crippen LogP contribution in [-0.4, -0.2) is 37.3 Å². The van der Waals surface area contributed by atoms with E-state index in [0.717, 1.165) is 12.7 Å². The maximum atomic E-state index is 12.2. The third-order valence-corrected chi connectivity index (χ3v) is 4.28. The highest BCUT2D eigenvalue weighted by Gasteiger charge is 2.36. The Bertz CT molecular complexity index is 510. The highest BCUT2D eigenvalue weighted by atomic mass is 32.2. The van der Waals surface area contributed by atoms with Crippen molar-refractivity contribution in [2.24, 2.45) is 0 Å². The van der Waals surface area contributed by atoms with E-state index >= 15 is 0 Å². The van der Waals surface area contributed by atoms with Crippen LogP contribution in [0.4, 0.5) is 0 Å². The van der Waals surface area contributed by atoms with E-state index in [1.807, 2.05) is 6.07 Å². The molecule has 0 aliphatic carbocycles. The minimum Gasteiger partial charge on any atom is -0.292 e. The molecular weight excluding hydrogens is 238 g/mol. The van der Waals surface area contributed by atoms with Gasteiger partial charge in [-0.15, -0.1) is 0 Å². The third kappa shape index (κ3) is 2.56. The second kappa shape index (κ2) is 4.58. The number of ketones is 1. The van der Waals surface area contributed by atoms with E-state index < -0.39 is 16.1 Å². The lowest BCUT2D eigenvalue weighted by Gasteiger charge is -2.20. The molecule has 0 radical (unpaired) electrons. The molecular formula is C12H15NO3S. The molecule has 1 aromatic carbocycles. The molecule has 0 aromatic heterocycles. The Kier molecular flexibility index (Phi) is 3.31. The molecule has 17 heavy (non-hydrogen) atoms. The van der Waals surface area contributed by atoms with Crippen molar-refractivity contribution in [2.45, 2.75) is 18.9 Å². The van der Waals surface area contributed by atoms with Crippen molar-refractivity contribution in [3.05, 3.63) is 35.9 Å². The first-order chi connectivity index (χ1) is 8.00. The Hall–Kier alpha value is -1.20. The molecule has 92 valence electrons. The number of benzene rings is 1. The molecule has 1 atom stereocenters. The number of Topliss-reactive ketones (excluding diaryl/α,β-unsaturated/α-hetero) is 1. The van der Waals surface area contributed by atoms with Crippen molar-refractivity contribution in [1.29, 1.82) is 0 Å². The summed E-state index contributed by atoms with van der Waals surface area (Å²) >= 11 is 0. The van der Waals surface area contributed by atoms with Crippen molar-refractivity contribution in [3.8, 4) is 0 Å². The fourth-order valence-corrected chi connectivity index (χ4v) is 3.32. The van der Waals surface area contributed by atoms with Gasteiger partial charge in [0.25, 0.3) is 0 Å². The number of nitrogens with zero attached hydrogens (tertiary/aromatic N) is 1. The zero-order chi connectivity index (χ0) is 12.5. The minimum absolute atomic E-state index is 0.103. The predicted octanol–water partition coefficient (Wildman–Crippen LogP) is 1.29. The Labute approximate surface area is 101 Å². The maximum absolute atomic E-state index is 12.2. The van der Waals surface area contributed by atoms with Gasteiger partial charge in [-0.2, -0.15) is 4.31 Å². The molecule has 1 fully saturated rings. The molecule has 1 heterocycles. The Balaban J connectivity index is 2.26. The average molecular weight is 253 g/mol. The summed E-state index contributed by atoms with van der Waals surface area (Å²) in [4.78, 5) is 12.2. The number of hydrogen-bond donors (Lipinski definition) is 0. The van der Waals surface area contributed by atoms with Crippen LogP contribution in [0.2, 0.25) is 0 Å². The number of sulfonamides is 1. The van der Waals surface area contributed by atoms with E-state index in [1.165, 1.54) is 4.31 Å². The van der Waals surface area contributed by atoms with E-state index in [9.17, 15) is 13.2 Å². The average Bonchev–Trinajstić information content (AvgIpc) is 2.78. The van der Waals surface area contributed by atoms with Crippen molar-refractivity contribution < 1.29 is 13.2 Å². The van der Waals surface area contributed by atoms with Gasteiger partial charge in [0, 0.05) is 12.1 Å². The molecule has 0 amide bonds. The van der Waals surface area contributed by atoms with Gasteiger partial charge in [-0.3, -0.25) is 4.79 Å². The first-order valence-corrected chi connectivity index (χ1v) is 7.41. The Morgan fingerprint density at radius 2 is 1.94 bits per heavy atom. The SMILES string of the molecule is CS(=O)(=O)N1CCCC1C(=O)c1ccccc1. The lowest BCUT2D eigenvalue weighted by molar-refractivity contribution is 0.0918. The lowest BCUT2D eigenvalue weighted by atomic mass is 10.0. The Morgan fingerprint density at radius 3 is 2.53 bits per heavy atom. The molecule has 0 N–H and O–H groups in total. The molecule has 0 bridgehead atoms. The van der Waals surface area contributed by atoms with Gasteiger partial charge in [0.05, 0.1) is 12.3 Å². The fourth-order valence-electron chi connectivity index (χ4n) is 2.19. The number of carbonyl (C=O) groups is 1. The van der Waals surface area contributed by atoms with Crippen LogP contribution in [0.5, 0.6) is 0 Å². The number of carbonyl (C=O) groups excluding carboxylic acids is 1. The molecule has 0 saturated carbocycles. The molecule has 1 saturated heterocycles. The molecule has 1 unspecified atom stereocenters. The van der Waals surface area contributed by atoms with Crippen molar-refractivity contribution in [1.82, 2.24) is 4.31 Å². The first kappa shape index (κ1) is 12.3. The van der Waals surface area contributed by atoms with Crippen LogP contribution in [0, 0.1) is 0 Å². The van der Waals surface area contributed by atoms with Gasteiger partial charge in [-0.1, -0.05) is 30.3 Å². The van der Waals surface area contributed by atoms with Gasteiger partial charge in [0.1, 0.15) is 0 Å². The second-order valence-corrected chi connectivity index (χ2v) is 6.20. The quantitative estimate of drug-likeness (QED) is 0.763. The van der Waals surface area contributed by atoms with Gasteiger partial charge in [0.2, 0.25) is 10.0 Å². The standard InChI is InChI=1S/C12H15NO3S/c1-17(15,16)13-9-5-8-11(13)12(14)10-6-3-2-4-7-10/h2-4,6-7,11H,5,8-9H2,1H3. The molecule has 1 aliphatic rings. The third-order valence-electron chi connectivity index (χ3n) is 2.99. The van der Waals surface area contributed by atoms with Crippen molar-refractivity contribution in [2.75, 3.05) is 12.8 Å². The Morgan fingerprint density at radius 1 is 1.29 bits per heavy atom. The van der Waals surface area contributed by atoms with Gasteiger partial charge in [0.15, 0.2) is 5.78 Å². The van der Waals surface area contributed by atoms with Crippen molar-refractivity contribution in [3.63, 3.8) is 0 Å². The number of rotatable bonds is 3. The molecule has 1 aliphatic heterocycles. The highest BCUT2D eigenvalue weighted by Crippen LogP contribution is 2.23. The highest BCUT2D eigenvalue weighted by molar-refractivity contribution is 7.88. The van der Waals surface area contributed by atoms with Gasteiger partial charge >= 0.3 is 0 Å². The summed E-state index contributed by atoms with van der Waals surface area (Å²) in [5, 5.41) is 0. The van der Waals surface area contributed by atoms with Crippen molar-refractivity contribution >= 4 is 15.8 Å². The largest absolute Gasteiger partial charge is 0.292 e. The zero-order valence-corrected chi connectivity index (χ0v) is 10.5. The zero-order valence-electron chi connectivity index (χ0n) is 9.67. The molecule has 4 nitrogen and oxygen atoms in total. The van der Waals surface area contributed by atoms with Crippen LogP contribution < -0.4 is 0 Å². The van der Waals surface area contributed by atoms with Crippen LogP contribution in [0.1, 0.15) is 23.2 Å². The van der Waals surface area contributed by atoms with Gasteiger partial charge < -0.3 is 0 Å². The monoisotopic (exact) mass is 253 g/mol. The molecule has 5 heteroatoms. The van der Waals surface area contributed by atoms with E-state index in [4.69, 9.17) is 0 Å². The summed E-state index contributed by atoms with van der Waals surface area (Å²) in [6.07, 6.45) is 2.51. The smallest absolute Gasteiger partial charge is 0.211 e. The predicted molar refractivity (Wildman–Crippen MR) is 65.3 cm³/mol. The topological polar surface area (TPSA) is 54.5 Å². The van der Waals surface area contributed by atoms with Gasteiger partial charge in [-0.25, -0.2) is 8.42 Å². The summed E-state index contributed by atoms with van der Waals surface area (Å²) in [6, 6.07) is 8.33. The normalized spacial score (nSPS) is 21.6. The minimum atomic E-state index is -3.29. The summed E-state index contributed by atoms with van der Waals surface area (Å²) in [5.74, 6) is -0.103. The lowest BCUT2D eigenvalue weighted by Crippen LogP contribution is -2.39. The number of hydrogen-bond acceptors (Lipinski definition) is 3. The van der Waals surface area contributed by atoms with E-state index in [1.54, 1.807) is 24.3 Å².